The summed E-state index contributed by atoms with van der Waals surface area (Å²) in [4.78, 5) is 11.7. The van der Waals surface area contributed by atoms with Crippen LogP contribution in [0, 0.1) is 0 Å². The van der Waals surface area contributed by atoms with Crippen molar-refractivity contribution in [2.75, 3.05) is 6.79 Å². The molecule has 0 aliphatic carbocycles. The summed E-state index contributed by atoms with van der Waals surface area (Å²) in [7, 11) is -5.03. The molecule has 0 heterocycles. The van der Waals surface area contributed by atoms with Crippen molar-refractivity contribution in [1.29, 1.82) is 0 Å². The minimum absolute atomic E-state index is 0. The van der Waals surface area contributed by atoms with Crippen molar-refractivity contribution in [3.63, 3.8) is 0 Å². The van der Waals surface area contributed by atoms with E-state index in [9.17, 15) is 22.0 Å². The third kappa shape index (κ3) is 5.64. The van der Waals surface area contributed by atoms with Crippen LogP contribution in [0.4, 0.5) is 8.78 Å². The van der Waals surface area contributed by atoms with Gasteiger partial charge in [0.05, 0.1) is 5.56 Å². The van der Waals surface area contributed by atoms with E-state index < -0.39 is 28.6 Å². The van der Waals surface area contributed by atoms with E-state index in [0.717, 1.165) is 11.1 Å². The molecular formula is C15H13F2NaO5S. The summed E-state index contributed by atoms with van der Waals surface area (Å²) in [5.74, 6) is -4.57. The van der Waals surface area contributed by atoms with Gasteiger partial charge in [-0.2, -0.15) is 17.2 Å². The molecule has 0 atom stereocenters. The van der Waals surface area contributed by atoms with Crippen molar-refractivity contribution in [1.82, 2.24) is 0 Å². The van der Waals surface area contributed by atoms with Crippen LogP contribution in [0.15, 0.2) is 54.6 Å². The zero-order valence-corrected chi connectivity index (χ0v) is 12.5. The summed E-state index contributed by atoms with van der Waals surface area (Å²) in [5, 5.41) is 0. The molecular weight excluding hydrogens is 353 g/mol. The molecule has 0 bridgehead atoms. The number of halogens is 2. The van der Waals surface area contributed by atoms with E-state index in [1.165, 1.54) is 12.1 Å². The van der Waals surface area contributed by atoms with Crippen LogP contribution in [0.5, 0.6) is 0 Å². The molecule has 2 aromatic rings. The van der Waals surface area contributed by atoms with Gasteiger partial charge in [0.2, 0.25) is 6.79 Å². The molecule has 0 amide bonds. The van der Waals surface area contributed by atoms with Crippen LogP contribution in [-0.4, -0.2) is 56.5 Å². The molecule has 5 nitrogen and oxygen atoms in total. The Labute approximate surface area is 160 Å². The third-order valence-corrected chi connectivity index (χ3v) is 3.71. The van der Waals surface area contributed by atoms with E-state index in [1.54, 1.807) is 12.1 Å². The molecule has 0 fully saturated rings. The molecule has 124 valence electrons. The quantitative estimate of drug-likeness (QED) is 0.340. The van der Waals surface area contributed by atoms with Crippen LogP contribution >= 0.6 is 0 Å². The van der Waals surface area contributed by atoms with E-state index in [0.29, 0.717) is 0 Å². The first-order valence-corrected chi connectivity index (χ1v) is 7.86. The van der Waals surface area contributed by atoms with Crippen LogP contribution in [0.2, 0.25) is 0 Å². The van der Waals surface area contributed by atoms with Crippen molar-refractivity contribution >= 4 is 45.6 Å². The first-order valence-electron chi connectivity index (χ1n) is 6.39. The second-order valence-corrected chi connectivity index (χ2v) is 5.94. The van der Waals surface area contributed by atoms with Gasteiger partial charge in [-0.05, 0) is 23.3 Å². The van der Waals surface area contributed by atoms with E-state index in [1.807, 2.05) is 30.3 Å². The van der Waals surface area contributed by atoms with Crippen LogP contribution in [0.3, 0.4) is 0 Å². The molecule has 0 N–H and O–H groups in total. The zero-order chi connectivity index (χ0) is 16.9. The first-order chi connectivity index (χ1) is 10.9. The van der Waals surface area contributed by atoms with Gasteiger partial charge in [0.1, 0.15) is 0 Å². The van der Waals surface area contributed by atoms with Gasteiger partial charge < -0.3 is 4.74 Å². The van der Waals surface area contributed by atoms with Crippen molar-refractivity contribution < 1.29 is 30.9 Å². The SMILES string of the molecule is O=C(OCOS(=O)(=O)C(F)F)c1ccc(-c2ccccc2)cc1.[NaH]. The second kappa shape index (κ2) is 9.24. The van der Waals surface area contributed by atoms with Crippen molar-refractivity contribution in [2.45, 2.75) is 5.76 Å². The van der Waals surface area contributed by atoms with Crippen LogP contribution < -0.4 is 0 Å². The number of hydrogen-bond acceptors (Lipinski definition) is 5. The second-order valence-electron chi connectivity index (χ2n) is 4.36. The Morgan fingerprint density at radius 3 is 2.04 bits per heavy atom. The fourth-order valence-corrected chi connectivity index (χ4v) is 1.99. The molecule has 0 aliphatic heterocycles. The van der Waals surface area contributed by atoms with Crippen LogP contribution in [0.1, 0.15) is 10.4 Å². The first kappa shape index (κ1) is 20.7. The summed E-state index contributed by atoms with van der Waals surface area (Å²) in [6, 6.07) is 15.7. The molecule has 0 unspecified atom stereocenters. The average Bonchev–Trinajstić information content (AvgIpc) is 2.55. The molecule has 0 aliphatic rings. The number of esters is 1. The Bertz CT molecular complexity index is 764. The Kier molecular flexibility index (Phi) is 7.98. The maximum atomic E-state index is 12.0. The molecule has 0 saturated heterocycles. The Morgan fingerprint density at radius 1 is 0.958 bits per heavy atom. The Hall–Kier alpha value is -1.32. The van der Waals surface area contributed by atoms with E-state index in [2.05, 4.69) is 8.92 Å². The van der Waals surface area contributed by atoms with Crippen molar-refractivity contribution in [3.05, 3.63) is 60.2 Å². The van der Waals surface area contributed by atoms with Crippen LogP contribution in [0.25, 0.3) is 11.1 Å². The number of ether oxygens (including phenoxy) is 1. The van der Waals surface area contributed by atoms with Gasteiger partial charge >= 0.3 is 51.4 Å². The number of carbonyl (C=O) groups is 1. The summed E-state index contributed by atoms with van der Waals surface area (Å²) >= 11 is 0. The average molecular weight is 366 g/mol. The van der Waals surface area contributed by atoms with Crippen molar-refractivity contribution in [3.8, 4) is 11.1 Å². The summed E-state index contributed by atoms with van der Waals surface area (Å²) in [6.07, 6.45) is 0. The Balaban J connectivity index is 0.00000288. The number of alkyl halides is 2. The van der Waals surface area contributed by atoms with Gasteiger partial charge in [-0.25, -0.2) is 8.98 Å². The fourth-order valence-electron chi connectivity index (χ4n) is 1.71. The molecule has 9 heteroatoms. The van der Waals surface area contributed by atoms with Gasteiger partial charge in [-0.3, -0.25) is 0 Å². The van der Waals surface area contributed by atoms with Crippen LogP contribution in [-0.2, 0) is 19.0 Å². The molecule has 0 saturated carbocycles. The standard InChI is InChI=1S/C15H12F2O5S.Na.H/c16-15(17)23(19,20)22-10-21-14(18)13-8-6-12(7-9-13)11-4-2-1-3-5-11;;/h1-9,15H,10H2;;. The minimum atomic E-state index is -5.03. The summed E-state index contributed by atoms with van der Waals surface area (Å²) < 4.78 is 53.7. The molecule has 0 radical (unpaired) electrons. The van der Waals surface area contributed by atoms with Gasteiger partial charge in [-0.1, -0.05) is 42.5 Å². The number of hydrogen-bond donors (Lipinski definition) is 0. The molecule has 24 heavy (non-hydrogen) atoms. The van der Waals surface area contributed by atoms with Gasteiger partial charge in [0.15, 0.2) is 0 Å². The van der Waals surface area contributed by atoms with E-state index in [-0.39, 0.29) is 35.1 Å². The molecule has 2 aromatic carbocycles. The van der Waals surface area contributed by atoms with E-state index in [4.69, 9.17) is 0 Å². The summed E-state index contributed by atoms with van der Waals surface area (Å²) in [5.41, 5.74) is 1.97. The third-order valence-electron chi connectivity index (χ3n) is 2.85. The molecule has 0 spiro atoms. The monoisotopic (exact) mass is 366 g/mol. The topological polar surface area (TPSA) is 69.7 Å². The predicted molar refractivity (Wildman–Crippen MR) is 85.3 cm³/mol. The number of carbonyl (C=O) groups excluding carboxylic acids is 1. The predicted octanol–water partition coefficient (Wildman–Crippen LogP) is 2.39. The summed E-state index contributed by atoms with van der Waals surface area (Å²) in [6.45, 7) is -1.11. The Morgan fingerprint density at radius 2 is 1.50 bits per heavy atom. The molecule has 0 aromatic heterocycles. The van der Waals surface area contributed by atoms with Gasteiger partial charge in [0, 0.05) is 0 Å². The maximum absolute atomic E-state index is 12.0. The molecule has 2 rings (SSSR count). The number of rotatable bonds is 6. The van der Waals surface area contributed by atoms with Gasteiger partial charge in [-0.15, -0.1) is 0 Å². The number of benzene rings is 2. The fraction of sp³-hybridized carbons (Fsp3) is 0.133. The van der Waals surface area contributed by atoms with Crippen molar-refractivity contribution in [2.24, 2.45) is 0 Å². The van der Waals surface area contributed by atoms with E-state index >= 15 is 0 Å². The normalized spacial score (nSPS) is 11.0. The zero-order valence-electron chi connectivity index (χ0n) is 11.7. The van der Waals surface area contributed by atoms with Gasteiger partial charge in [0.25, 0.3) is 0 Å².